The van der Waals surface area contributed by atoms with Gasteiger partial charge in [-0.3, -0.25) is 0 Å². The number of amides is 1. The van der Waals surface area contributed by atoms with Crippen LogP contribution in [-0.2, 0) is 27.4 Å². The number of nitrogens with zero attached hydrogens (tertiary/aromatic N) is 4. The molecule has 0 bridgehead atoms. The number of hydrogen-bond donors (Lipinski definition) is 0. The van der Waals surface area contributed by atoms with Crippen LogP contribution in [0.2, 0.25) is 0 Å². The first-order valence-electron chi connectivity index (χ1n) is 15.9. The van der Waals surface area contributed by atoms with Crippen molar-refractivity contribution >= 4 is 6.09 Å². The molecule has 5 rings (SSSR count). The summed E-state index contributed by atoms with van der Waals surface area (Å²) >= 11 is 0. The lowest BCUT2D eigenvalue weighted by atomic mass is 9.92. The van der Waals surface area contributed by atoms with Gasteiger partial charge in [-0.2, -0.15) is 5.10 Å². The molecule has 0 spiro atoms. The summed E-state index contributed by atoms with van der Waals surface area (Å²) in [5.41, 5.74) is 3.78. The molecular weight excluding hydrogens is 556 g/mol. The van der Waals surface area contributed by atoms with Crippen molar-refractivity contribution < 1.29 is 23.7 Å². The van der Waals surface area contributed by atoms with Gasteiger partial charge in [0.15, 0.2) is 0 Å². The molecule has 9 nitrogen and oxygen atoms in total. The van der Waals surface area contributed by atoms with Gasteiger partial charge in [-0.25, -0.2) is 9.48 Å². The van der Waals surface area contributed by atoms with E-state index in [9.17, 15) is 4.79 Å². The maximum absolute atomic E-state index is 12.4. The van der Waals surface area contributed by atoms with Crippen molar-refractivity contribution in [2.45, 2.75) is 90.1 Å². The van der Waals surface area contributed by atoms with Gasteiger partial charge in [-0.05, 0) is 76.9 Å². The molecule has 1 amide bonds. The fourth-order valence-corrected chi connectivity index (χ4v) is 5.41. The van der Waals surface area contributed by atoms with Crippen molar-refractivity contribution in [1.29, 1.82) is 0 Å². The maximum atomic E-state index is 12.4. The Bertz CT molecular complexity index is 1330. The van der Waals surface area contributed by atoms with E-state index in [2.05, 4.69) is 42.4 Å². The molecule has 2 aromatic carbocycles. The topological polar surface area (TPSA) is 78.3 Å². The van der Waals surface area contributed by atoms with E-state index in [0.29, 0.717) is 26.2 Å². The van der Waals surface area contributed by atoms with Crippen molar-refractivity contribution in [1.82, 2.24) is 19.6 Å². The predicted molar refractivity (Wildman–Crippen MR) is 170 cm³/mol. The van der Waals surface area contributed by atoms with Gasteiger partial charge in [0.25, 0.3) is 0 Å². The van der Waals surface area contributed by atoms with Gasteiger partial charge in [0.05, 0.1) is 18.4 Å². The summed E-state index contributed by atoms with van der Waals surface area (Å²) < 4.78 is 25.8. The van der Waals surface area contributed by atoms with Crippen LogP contribution in [0.15, 0.2) is 60.8 Å². The van der Waals surface area contributed by atoms with Crippen molar-refractivity contribution in [2.24, 2.45) is 0 Å². The number of rotatable bonds is 12. The zero-order valence-corrected chi connectivity index (χ0v) is 26.9. The van der Waals surface area contributed by atoms with Crippen LogP contribution < -0.4 is 4.74 Å². The first kappa shape index (κ1) is 32.0. The minimum absolute atomic E-state index is 0.0434. The standard InChI is InChI=1S/C35H48N4O5/c1-35(2,3)44-34(40)38(5)19-18-37(4)23-28-24-39(32-13-9-10-20-41-32)36-33(28)27-14-16-29(17-15-27)43-31-21-30(22-31)42-25-26-11-7-6-8-12-26/h6-8,11-12,14-17,24,30-32H,9-10,13,18-23,25H2,1-5H3/t30?,31?,32-/m0/s1. The monoisotopic (exact) mass is 604 g/mol. The van der Waals surface area contributed by atoms with Crippen LogP contribution in [0.25, 0.3) is 11.3 Å². The number of likely N-dealkylation sites (N-methyl/N-ethyl adjacent to an activating group) is 2. The van der Waals surface area contributed by atoms with Crippen LogP contribution in [0.4, 0.5) is 4.79 Å². The van der Waals surface area contributed by atoms with E-state index in [4.69, 9.17) is 24.0 Å². The molecule has 0 radical (unpaired) electrons. The molecule has 1 aromatic heterocycles. The fourth-order valence-electron chi connectivity index (χ4n) is 5.41. The number of hydrogen-bond acceptors (Lipinski definition) is 7. The third-order valence-electron chi connectivity index (χ3n) is 8.03. The Morgan fingerprint density at radius 3 is 2.43 bits per heavy atom. The number of aromatic nitrogens is 2. The van der Waals surface area contributed by atoms with E-state index in [1.54, 1.807) is 11.9 Å². The highest BCUT2D eigenvalue weighted by Crippen LogP contribution is 2.32. The summed E-state index contributed by atoms with van der Waals surface area (Å²) in [6.07, 6.45) is 7.17. The molecule has 2 heterocycles. The van der Waals surface area contributed by atoms with E-state index in [1.807, 2.05) is 55.8 Å². The van der Waals surface area contributed by atoms with Crippen molar-refractivity contribution in [2.75, 3.05) is 33.8 Å². The van der Waals surface area contributed by atoms with Gasteiger partial charge >= 0.3 is 6.09 Å². The van der Waals surface area contributed by atoms with Gasteiger partial charge in [-0.1, -0.05) is 30.3 Å². The maximum Gasteiger partial charge on any atom is 0.410 e. The second kappa shape index (κ2) is 14.6. The highest BCUT2D eigenvalue weighted by Gasteiger charge is 2.32. The number of carbonyl (C=O) groups is 1. The SMILES string of the molecule is CN(CCN(C)C(=O)OC(C)(C)C)Cc1cn([C@@H]2CCCCO2)nc1-c1ccc(OC2CC(OCc3ccccc3)C2)cc1. The second-order valence-electron chi connectivity index (χ2n) is 13.1. The lowest BCUT2D eigenvalue weighted by molar-refractivity contribution is -0.0683. The summed E-state index contributed by atoms with van der Waals surface area (Å²) in [7, 11) is 3.84. The van der Waals surface area contributed by atoms with Crippen LogP contribution in [0.5, 0.6) is 5.75 Å². The lowest BCUT2D eigenvalue weighted by Gasteiger charge is -2.35. The van der Waals surface area contributed by atoms with Crippen LogP contribution in [-0.4, -0.2) is 77.3 Å². The molecule has 1 aliphatic heterocycles. The van der Waals surface area contributed by atoms with Crippen LogP contribution in [0, 0.1) is 0 Å². The molecule has 3 aromatic rings. The average Bonchev–Trinajstić information content (AvgIpc) is 3.41. The highest BCUT2D eigenvalue weighted by atomic mass is 16.6. The third kappa shape index (κ3) is 9.06. The molecule has 238 valence electrons. The Morgan fingerprint density at radius 2 is 1.75 bits per heavy atom. The van der Waals surface area contributed by atoms with Gasteiger partial charge < -0.3 is 28.7 Å². The van der Waals surface area contributed by atoms with Gasteiger partial charge in [0, 0.05) is 63.5 Å². The molecular formula is C35H48N4O5. The molecule has 1 saturated carbocycles. The molecule has 0 N–H and O–H groups in total. The summed E-state index contributed by atoms with van der Waals surface area (Å²) in [6.45, 7) is 8.99. The zero-order chi connectivity index (χ0) is 31.1. The Kier molecular flexibility index (Phi) is 10.6. The third-order valence-corrected chi connectivity index (χ3v) is 8.03. The minimum Gasteiger partial charge on any atom is -0.490 e. The predicted octanol–water partition coefficient (Wildman–Crippen LogP) is 6.67. The van der Waals surface area contributed by atoms with Crippen LogP contribution in [0.1, 0.15) is 70.2 Å². The number of carbonyl (C=O) groups excluding carboxylic acids is 1. The van der Waals surface area contributed by atoms with Crippen molar-refractivity contribution in [3.8, 4) is 17.0 Å². The molecule has 1 atom stereocenters. The molecule has 0 unspecified atom stereocenters. The highest BCUT2D eigenvalue weighted by molar-refractivity contribution is 5.67. The molecule has 44 heavy (non-hydrogen) atoms. The molecule has 1 aliphatic carbocycles. The summed E-state index contributed by atoms with van der Waals surface area (Å²) in [6, 6.07) is 18.5. The lowest BCUT2D eigenvalue weighted by Crippen LogP contribution is -2.39. The molecule has 2 aliphatic rings. The number of benzene rings is 2. The zero-order valence-electron chi connectivity index (χ0n) is 26.9. The van der Waals surface area contributed by atoms with E-state index in [-0.39, 0.29) is 24.5 Å². The van der Waals surface area contributed by atoms with Gasteiger partial charge in [-0.15, -0.1) is 0 Å². The average molecular weight is 605 g/mol. The van der Waals surface area contributed by atoms with E-state index >= 15 is 0 Å². The van der Waals surface area contributed by atoms with Crippen LogP contribution in [0.3, 0.4) is 0 Å². The molecule has 1 saturated heterocycles. The Morgan fingerprint density at radius 1 is 1.00 bits per heavy atom. The first-order chi connectivity index (χ1) is 21.1. The van der Waals surface area contributed by atoms with E-state index in [1.165, 1.54) is 5.56 Å². The van der Waals surface area contributed by atoms with E-state index in [0.717, 1.165) is 61.3 Å². The smallest absolute Gasteiger partial charge is 0.410 e. The Labute approximate surface area is 262 Å². The van der Waals surface area contributed by atoms with Crippen LogP contribution >= 0.6 is 0 Å². The quantitative estimate of drug-likeness (QED) is 0.228. The van der Waals surface area contributed by atoms with Crippen molar-refractivity contribution in [3.05, 3.63) is 71.9 Å². The van der Waals surface area contributed by atoms with Gasteiger partial charge in [0.1, 0.15) is 23.7 Å². The van der Waals surface area contributed by atoms with E-state index < -0.39 is 5.60 Å². The summed E-state index contributed by atoms with van der Waals surface area (Å²) in [5.74, 6) is 0.860. The second-order valence-corrected chi connectivity index (χ2v) is 13.1. The summed E-state index contributed by atoms with van der Waals surface area (Å²) in [5, 5.41) is 5.02. The normalized spacial score (nSPS) is 20.3. The molecule has 2 fully saturated rings. The van der Waals surface area contributed by atoms with Crippen molar-refractivity contribution in [3.63, 3.8) is 0 Å². The first-order valence-corrected chi connectivity index (χ1v) is 15.9. The van der Waals surface area contributed by atoms with Gasteiger partial charge in [0.2, 0.25) is 0 Å². The minimum atomic E-state index is -0.514. The Hall–Kier alpha value is -3.40. The fraction of sp³-hybridized carbons (Fsp3) is 0.543. The number of ether oxygens (including phenoxy) is 4. The molecule has 9 heteroatoms. The largest absolute Gasteiger partial charge is 0.490 e. The Balaban J connectivity index is 1.18. The summed E-state index contributed by atoms with van der Waals surface area (Å²) in [4.78, 5) is 16.2.